The van der Waals surface area contributed by atoms with Crippen LogP contribution in [0.3, 0.4) is 0 Å². The van der Waals surface area contributed by atoms with Gasteiger partial charge in [-0.05, 0) is 12.1 Å². The lowest BCUT2D eigenvalue weighted by Gasteiger charge is -2.20. The second kappa shape index (κ2) is 5.82. The molecular formula is C14H19N5O2. The number of anilines is 1. The molecule has 0 saturated carbocycles. The van der Waals surface area contributed by atoms with Crippen LogP contribution in [0.25, 0.3) is 0 Å². The first kappa shape index (κ1) is 14.8. The average molecular weight is 289 g/mol. The standard InChI is InChI=1S/C14H19N5O2/c1-15-14(21)17-11-13(20)19(4)10-8-6-5-7-9(10)12(16-11)18(2)3/h5-8,11H,1-4H3,(H2,15,17,21). The molecule has 2 rings (SSSR count). The molecule has 21 heavy (non-hydrogen) atoms. The van der Waals surface area contributed by atoms with Crippen LogP contribution in [0.5, 0.6) is 0 Å². The molecule has 112 valence electrons. The summed E-state index contributed by atoms with van der Waals surface area (Å²) in [4.78, 5) is 31.8. The maximum absolute atomic E-state index is 12.5. The summed E-state index contributed by atoms with van der Waals surface area (Å²) in [6.45, 7) is 0. The predicted molar refractivity (Wildman–Crippen MR) is 81.5 cm³/mol. The van der Waals surface area contributed by atoms with E-state index in [1.807, 2.05) is 43.3 Å². The number of amides is 3. The molecule has 1 heterocycles. The highest BCUT2D eigenvalue weighted by Gasteiger charge is 2.30. The monoisotopic (exact) mass is 289 g/mol. The third-order valence-corrected chi connectivity index (χ3v) is 3.24. The number of urea groups is 1. The minimum Gasteiger partial charge on any atom is -0.362 e. The smallest absolute Gasteiger partial charge is 0.316 e. The Morgan fingerprint density at radius 1 is 1.33 bits per heavy atom. The topological polar surface area (TPSA) is 77.0 Å². The Morgan fingerprint density at radius 2 is 2.00 bits per heavy atom. The number of fused-ring (bicyclic) bond motifs is 1. The Kier molecular flexibility index (Phi) is 4.11. The van der Waals surface area contributed by atoms with Gasteiger partial charge in [0.2, 0.25) is 6.17 Å². The van der Waals surface area contributed by atoms with Gasteiger partial charge in [0.25, 0.3) is 5.91 Å². The fourth-order valence-electron chi connectivity index (χ4n) is 2.15. The summed E-state index contributed by atoms with van der Waals surface area (Å²) < 4.78 is 0. The number of para-hydroxylation sites is 1. The van der Waals surface area contributed by atoms with Crippen LogP contribution in [-0.2, 0) is 4.79 Å². The number of carbonyl (C=O) groups excluding carboxylic acids is 2. The van der Waals surface area contributed by atoms with E-state index in [9.17, 15) is 9.59 Å². The summed E-state index contributed by atoms with van der Waals surface area (Å²) in [6.07, 6.45) is -0.959. The van der Waals surface area contributed by atoms with Crippen LogP contribution >= 0.6 is 0 Å². The molecule has 1 aliphatic rings. The molecule has 0 radical (unpaired) electrons. The van der Waals surface area contributed by atoms with Gasteiger partial charge in [0.1, 0.15) is 5.84 Å². The Morgan fingerprint density at radius 3 is 2.62 bits per heavy atom. The van der Waals surface area contributed by atoms with Gasteiger partial charge in [-0.2, -0.15) is 0 Å². The molecule has 2 N–H and O–H groups in total. The molecule has 0 bridgehead atoms. The van der Waals surface area contributed by atoms with Crippen LogP contribution in [0.15, 0.2) is 29.3 Å². The third-order valence-electron chi connectivity index (χ3n) is 3.24. The normalized spacial score (nSPS) is 17.5. The molecule has 1 aromatic carbocycles. The highest BCUT2D eigenvalue weighted by Crippen LogP contribution is 2.24. The molecule has 0 fully saturated rings. The number of hydrogen-bond donors (Lipinski definition) is 2. The van der Waals surface area contributed by atoms with E-state index in [4.69, 9.17) is 0 Å². The number of benzene rings is 1. The second-order valence-corrected chi connectivity index (χ2v) is 4.89. The minimum absolute atomic E-state index is 0.289. The van der Waals surface area contributed by atoms with Gasteiger partial charge in [0.05, 0.1) is 5.69 Å². The summed E-state index contributed by atoms with van der Waals surface area (Å²) in [5, 5.41) is 4.98. The van der Waals surface area contributed by atoms with Crippen molar-refractivity contribution in [2.75, 3.05) is 33.1 Å². The highest BCUT2D eigenvalue weighted by atomic mass is 16.2. The van der Waals surface area contributed by atoms with Crippen molar-refractivity contribution in [1.29, 1.82) is 0 Å². The number of likely N-dealkylation sites (N-methyl/N-ethyl adjacent to an activating group) is 1. The number of nitrogens with zero attached hydrogens (tertiary/aromatic N) is 3. The van der Waals surface area contributed by atoms with Crippen LogP contribution in [-0.4, -0.2) is 57.0 Å². The number of amidine groups is 1. The van der Waals surface area contributed by atoms with E-state index in [-0.39, 0.29) is 5.91 Å². The molecule has 1 atom stereocenters. The molecule has 7 nitrogen and oxygen atoms in total. The van der Waals surface area contributed by atoms with Gasteiger partial charge in [-0.15, -0.1) is 0 Å². The van der Waals surface area contributed by atoms with Gasteiger partial charge >= 0.3 is 6.03 Å². The van der Waals surface area contributed by atoms with Crippen LogP contribution < -0.4 is 15.5 Å². The van der Waals surface area contributed by atoms with Crippen LogP contribution in [0.2, 0.25) is 0 Å². The molecule has 3 amide bonds. The third kappa shape index (κ3) is 2.81. The summed E-state index contributed by atoms with van der Waals surface area (Å²) in [7, 11) is 6.87. The largest absolute Gasteiger partial charge is 0.362 e. The lowest BCUT2D eigenvalue weighted by Crippen LogP contribution is -2.48. The van der Waals surface area contributed by atoms with Crippen LogP contribution in [0.1, 0.15) is 5.56 Å². The van der Waals surface area contributed by atoms with Gasteiger partial charge in [0.15, 0.2) is 0 Å². The van der Waals surface area contributed by atoms with E-state index < -0.39 is 12.2 Å². The van der Waals surface area contributed by atoms with Crippen molar-refractivity contribution in [3.63, 3.8) is 0 Å². The van der Waals surface area contributed by atoms with E-state index in [1.54, 1.807) is 7.05 Å². The summed E-state index contributed by atoms with van der Waals surface area (Å²) in [5.41, 5.74) is 1.61. The maximum atomic E-state index is 12.5. The molecule has 1 aromatic rings. The van der Waals surface area contributed by atoms with E-state index in [2.05, 4.69) is 15.6 Å². The van der Waals surface area contributed by atoms with Crippen molar-refractivity contribution < 1.29 is 9.59 Å². The van der Waals surface area contributed by atoms with Crippen molar-refractivity contribution in [2.45, 2.75) is 6.17 Å². The van der Waals surface area contributed by atoms with E-state index in [0.717, 1.165) is 11.3 Å². The molecule has 7 heteroatoms. The van der Waals surface area contributed by atoms with E-state index in [1.165, 1.54) is 11.9 Å². The number of benzodiazepines with no additional fused rings is 1. The van der Waals surface area contributed by atoms with Crippen LogP contribution in [0, 0.1) is 0 Å². The molecule has 0 saturated heterocycles. The highest BCUT2D eigenvalue weighted by molar-refractivity contribution is 6.11. The van der Waals surface area contributed by atoms with Crippen molar-refractivity contribution in [2.24, 2.45) is 4.99 Å². The second-order valence-electron chi connectivity index (χ2n) is 4.89. The Bertz CT molecular complexity index is 597. The number of aliphatic imine (C=N–C) groups is 1. The van der Waals surface area contributed by atoms with Gasteiger partial charge in [-0.1, -0.05) is 12.1 Å². The number of rotatable bonds is 1. The molecular weight excluding hydrogens is 270 g/mol. The zero-order valence-corrected chi connectivity index (χ0v) is 12.5. The maximum Gasteiger partial charge on any atom is 0.316 e. The Hall–Kier alpha value is -2.57. The molecule has 0 spiro atoms. The summed E-state index contributed by atoms with van der Waals surface area (Å²) in [6, 6.07) is 7.06. The first-order chi connectivity index (χ1) is 9.95. The SMILES string of the molecule is CNC(=O)NC1N=C(N(C)C)c2ccccc2N(C)C1=O. The van der Waals surface area contributed by atoms with Crippen molar-refractivity contribution in [1.82, 2.24) is 15.5 Å². The first-order valence-corrected chi connectivity index (χ1v) is 6.56. The molecule has 0 aromatic heterocycles. The van der Waals surface area contributed by atoms with Crippen molar-refractivity contribution in [3.8, 4) is 0 Å². The number of nitrogens with one attached hydrogen (secondary N) is 2. The zero-order valence-electron chi connectivity index (χ0n) is 12.5. The molecule has 1 aliphatic heterocycles. The average Bonchev–Trinajstić information content (AvgIpc) is 2.58. The predicted octanol–water partition coefficient (Wildman–Crippen LogP) is 0.226. The summed E-state index contributed by atoms with van der Waals surface area (Å²) in [5.74, 6) is 0.354. The number of hydrogen-bond acceptors (Lipinski definition) is 4. The van der Waals surface area contributed by atoms with Crippen LogP contribution in [0.4, 0.5) is 10.5 Å². The number of carbonyl (C=O) groups is 2. The summed E-state index contributed by atoms with van der Waals surface area (Å²) >= 11 is 0. The minimum atomic E-state index is -0.959. The van der Waals surface area contributed by atoms with Crippen molar-refractivity contribution >= 4 is 23.5 Å². The molecule has 0 aliphatic carbocycles. The van der Waals surface area contributed by atoms with Gasteiger partial charge < -0.3 is 20.4 Å². The first-order valence-electron chi connectivity index (χ1n) is 6.56. The lowest BCUT2D eigenvalue weighted by atomic mass is 10.1. The van der Waals surface area contributed by atoms with Gasteiger partial charge in [-0.3, -0.25) is 4.79 Å². The Labute approximate surface area is 123 Å². The van der Waals surface area contributed by atoms with Gasteiger partial charge in [0, 0.05) is 33.8 Å². The van der Waals surface area contributed by atoms with E-state index >= 15 is 0 Å². The Balaban J connectivity index is 2.52. The van der Waals surface area contributed by atoms with Crippen molar-refractivity contribution in [3.05, 3.63) is 29.8 Å². The fourth-order valence-corrected chi connectivity index (χ4v) is 2.15. The van der Waals surface area contributed by atoms with Gasteiger partial charge in [-0.25, -0.2) is 9.79 Å². The molecule has 1 unspecified atom stereocenters. The fraction of sp³-hybridized carbons (Fsp3) is 0.357. The lowest BCUT2D eigenvalue weighted by molar-refractivity contribution is -0.119. The zero-order chi connectivity index (χ0) is 15.6. The quantitative estimate of drug-likeness (QED) is 0.777. The van der Waals surface area contributed by atoms with E-state index in [0.29, 0.717) is 5.84 Å².